The van der Waals surface area contributed by atoms with Gasteiger partial charge in [-0.05, 0) is 108 Å². The maximum atomic E-state index is 5.27. The zero-order chi connectivity index (χ0) is 78.9. The van der Waals surface area contributed by atoms with Crippen molar-refractivity contribution in [1.29, 1.82) is 0 Å². The van der Waals surface area contributed by atoms with E-state index in [0.29, 0.717) is 11.9 Å². The molecule has 14 aromatic carbocycles. The van der Waals surface area contributed by atoms with Crippen molar-refractivity contribution in [2.45, 2.75) is 0 Å². The second kappa shape index (κ2) is 28.1. The monoisotopic (exact) mass is 1590 g/mol. The molecule has 120 heavy (non-hydrogen) atoms. The Labute approximate surface area is 694 Å². The van der Waals surface area contributed by atoms with Crippen molar-refractivity contribution in [3.63, 3.8) is 0 Å². The van der Waals surface area contributed by atoms with Gasteiger partial charge in [0.25, 0.3) is 0 Å². The molecular weight excluding hydrogens is 1530 g/mol. The zero-order valence-electron chi connectivity index (χ0n) is 63.5. The van der Waals surface area contributed by atoms with E-state index in [9.17, 15) is 0 Å². The predicted octanol–water partition coefficient (Wildman–Crippen LogP) is 26.0. The summed E-state index contributed by atoms with van der Waals surface area (Å²) in [5.74, 6) is 2.04. The highest BCUT2D eigenvalue weighted by Crippen LogP contribution is 2.45. The molecule has 0 bridgehead atoms. The van der Waals surface area contributed by atoms with Gasteiger partial charge in [0, 0.05) is 125 Å². The third kappa shape index (κ3) is 11.4. The van der Waals surface area contributed by atoms with Crippen molar-refractivity contribution in [2.75, 3.05) is 0 Å². The van der Waals surface area contributed by atoms with E-state index >= 15 is 0 Å². The molecular formula is C102H59N15S3. The molecule has 0 saturated carbocycles. The highest BCUT2D eigenvalue weighted by Gasteiger charge is 2.24. The number of aromatic nitrogens is 15. The lowest BCUT2D eigenvalue weighted by atomic mass is 10.0. The van der Waals surface area contributed by atoms with E-state index < -0.39 is 0 Å². The van der Waals surface area contributed by atoms with Gasteiger partial charge in [-0.2, -0.15) is 0 Å². The Bertz CT molecular complexity index is 8620. The number of benzene rings is 14. The minimum Gasteiger partial charge on any atom is -0.309 e. The molecule has 26 aromatic rings. The Morgan fingerprint density at radius 3 is 0.950 bits per heavy atom. The average Bonchev–Trinajstić information content (AvgIpc) is 1.57. The lowest BCUT2D eigenvalue weighted by molar-refractivity contribution is 1.01. The smallest absolute Gasteiger partial charge is 0.235 e. The summed E-state index contributed by atoms with van der Waals surface area (Å²) in [4.78, 5) is 57.1. The highest BCUT2D eigenvalue weighted by molar-refractivity contribution is 7.26. The first-order valence-electron chi connectivity index (χ1n) is 39.3. The van der Waals surface area contributed by atoms with Gasteiger partial charge in [0.05, 0.1) is 97.4 Å². The van der Waals surface area contributed by atoms with Crippen LogP contribution in [0.3, 0.4) is 0 Å². The number of hydrogen-bond donors (Lipinski definition) is 0. The van der Waals surface area contributed by atoms with Crippen molar-refractivity contribution in [3.05, 3.63) is 359 Å². The van der Waals surface area contributed by atoms with Crippen molar-refractivity contribution in [3.8, 4) is 73.9 Å². The standard InChI is InChI=1S/2C36H21N5S.C30H17N5S/c1-2-8-22(9-3-1)34-26-11-4-6-12-29(26)39-36(40-34)23-14-16-24(17-15-23)41-30-13-7-5-10-25(30)27-18-28-32(19-31(27)41)42-33-20-37-21-38-35(28)33;1-2-8-22(9-3-1)23-14-16-24(17-15-23)34-26-11-4-6-12-29(26)39-36(40-34)41-30-13-7-5-10-25(30)27-18-28-32(19-31(27)41)42-33-20-37-21-38-35(28)33;1-2-8-18(9-3-1)28-20-11-4-6-12-23(20)33-30(34-28)35-24-13-7-5-10-19(24)21-14-22-26(15-25(21)35)36-27-16-31-17-32-29(22)27/h2*1-21H;1-17H. The third-order valence-corrected chi connectivity index (χ3v) is 25.9. The summed E-state index contributed by atoms with van der Waals surface area (Å²) in [6.07, 6.45) is 10.6. The van der Waals surface area contributed by atoms with Crippen LogP contribution in [-0.4, -0.2) is 73.5 Å². The first kappa shape index (κ1) is 68.8. The van der Waals surface area contributed by atoms with Gasteiger partial charge in [-0.25, -0.2) is 59.8 Å². The van der Waals surface area contributed by atoms with Crippen LogP contribution in [0, 0.1) is 0 Å². The van der Waals surface area contributed by atoms with E-state index in [1.807, 2.05) is 91.4 Å². The van der Waals surface area contributed by atoms with E-state index in [4.69, 9.17) is 29.9 Å². The fourth-order valence-electron chi connectivity index (χ4n) is 17.2. The van der Waals surface area contributed by atoms with Crippen LogP contribution < -0.4 is 0 Å². The minimum atomic E-state index is 0.655. The molecule has 0 saturated heterocycles. The lowest BCUT2D eigenvalue weighted by Crippen LogP contribution is -2.03. The molecule has 0 spiro atoms. The molecule has 0 radical (unpaired) electrons. The summed E-state index contributed by atoms with van der Waals surface area (Å²) >= 11 is 5.16. The highest BCUT2D eigenvalue weighted by atomic mass is 32.1. The van der Waals surface area contributed by atoms with Crippen LogP contribution in [0.15, 0.2) is 359 Å². The summed E-state index contributed by atoms with van der Waals surface area (Å²) in [6, 6.07) is 112. The van der Waals surface area contributed by atoms with Crippen molar-refractivity contribution >= 4 is 193 Å². The molecule has 0 aliphatic carbocycles. The van der Waals surface area contributed by atoms with E-state index in [0.717, 1.165) is 163 Å². The number of thiophene rings is 3. The molecule has 0 unspecified atom stereocenters. The second-order valence-electron chi connectivity index (χ2n) is 29.6. The minimum absolute atomic E-state index is 0.655. The Morgan fingerprint density at radius 2 is 0.525 bits per heavy atom. The number of rotatable bonds is 8. The maximum Gasteiger partial charge on any atom is 0.235 e. The maximum absolute atomic E-state index is 5.27. The molecule has 15 nitrogen and oxygen atoms in total. The molecule has 0 amide bonds. The SMILES string of the molecule is c1ccc(-c2ccc(-c3nc(-n4c5ccccc5c5cc6c(cc54)sc4cncnc46)nc4ccccc34)cc2)cc1.c1ccc(-c2nc(-c3ccc(-n4c5ccccc5c5cc6c(cc54)sc4cncnc46)cc3)nc3ccccc23)cc1.c1ccc(-c2nc(-n3c4ccccc4c4cc5c(cc43)sc3cncnc35)nc3ccccc23)cc1. The summed E-state index contributed by atoms with van der Waals surface area (Å²) in [7, 11) is 0. The van der Waals surface area contributed by atoms with Crippen LogP contribution in [0.2, 0.25) is 0 Å². The third-order valence-electron chi connectivity index (χ3n) is 22.7. The largest absolute Gasteiger partial charge is 0.309 e. The van der Waals surface area contributed by atoms with Crippen LogP contribution >= 0.6 is 34.0 Å². The van der Waals surface area contributed by atoms with Gasteiger partial charge in [0.2, 0.25) is 11.9 Å². The van der Waals surface area contributed by atoms with Gasteiger partial charge in [-0.1, -0.05) is 224 Å². The van der Waals surface area contributed by atoms with Gasteiger partial charge >= 0.3 is 0 Å². The molecule has 0 fully saturated rings. The normalized spacial score (nSPS) is 11.8. The molecule has 0 aliphatic heterocycles. The molecule has 0 atom stereocenters. The molecule has 26 rings (SSSR count). The molecule has 560 valence electrons. The Balaban J connectivity index is 0.000000103. The molecule has 12 aromatic heterocycles. The predicted molar refractivity (Wildman–Crippen MR) is 494 cm³/mol. The van der Waals surface area contributed by atoms with Crippen molar-refractivity contribution < 1.29 is 0 Å². The summed E-state index contributed by atoms with van der Waals surface area (Å²) in [5.41, 5.74) is 22.9. The Kier molecular flexibility index (Phi) is 16.1. The van der Waals surface area contributed by atoms with Crippen LogP contribution in [0.25, 0.3) is 233 Å². The van der Waals surface area contributed by atoms with E-state index in [-0.39, 0.29) is 0 Å². The molecule has 0 aliphatic rings. The van der Waals surface area contributed by atoms with Gasteiger partial charge in [0.15, 0.2) is 5.82 Å². The first-order valence-corrected chi connectivity index (χ1v) is 41.8. The first-order chi connectivity index (χ1) is 59.5. The van der Waals surface area contributed by atoms with Gasteiger partial charge < -0.3 is 4.57 Å². The lowest BCUT2D eigenvalue weighted by Gasteiger charge is -2.12. The quantitative estimate of drug-likeness (QED) is 0.141. The van der Waals surface area contributed by atoms with Crippen molar-refractivity contribution in [1.82, 2.24) is 73.5 Å². The van der Waals surface area contributed by atoms with Crippen LogP contribution in [0.5, 0.6) is 0 Å². The average molecular weight is 1590 g/mol. The Hall–Kier alpha value is -15.6. The van der Waals surface area contributed by atoms with Gasteiger partial charge in [-0.15, -0.1) is 34.0 Å². The van der Waals surface area contributed by atoms with E-state index in [1.165, 1.54) is 57.8 Å². The molecule has 12 heterocycles. The zero-order valence-corrected chi connectivity index (χ0v) is 65.9. The number of fused-ring (bicyclic) bond motifs is 21. The van der Waals surface area contributed by atoms with Gasteiger partial charge in [0.1, 0.15) is 19.0 Å². The number of para-hydroxylation sites is 6. The second-order valence-corrected chi connectivity index (χ2v) is 32.8. The summed E-state index contributed by atoms with van der Waals surface area (Å²) < 4.78 is 13.6. The number of hydrogen-bond acceptors (Lipinski definition) is 15. The fraction of sp³-hybridized carbons (Fsp3) is 0. The summed E-state index contributed by atoms with van der Waals surface area (Å²) in [5, 5.41) is 13.7. The van der Waals surface area contributed by atoms with Gasteiger partial charge in [-0.3, -0.25) is 9.13 Å². The van der Waals surface area contributed by atoms with Crippen LogP contribution in [-0.2, 0) is 0 Å². The topological polar surface area (TPSA) is 169 Å². The van der Waals surface area contributed by atoms with Crippen molar-refractivity contribution in [2.24, 2.45) is 0 Å². The molecule has 0 N–H and O–H groups in total. The fourth-order valence-corrected chi connectivity index (χ4v) is 20.4. The number of nitrogens with zero attached hydrogens (tertiary/aromatic N) is 15. The Morgan fingerprint density at radius 1 is 0.208 bits per heavy atom. The van der Waals surface area contributed by atoms with E-state index in [2.05, 4.69) is 292 Å². The van der Waals surface area contributed by atoms with E-state index in [1.54, 1.807) is 53.0 Å². The van der Waals surface area contributed by atoms with Crippen LogP contribution in [0.1, 0.15) is 0 Å². The van der Waals surface area contributed by atoms with Crippen LogP contribution in [0.4, 0.5) is 0 Å². The summed E-state index contributed by atoms with van der Waals surface area (Å²) in [6.45, 7) is 0. The molecule has 18 heteroatoms.